The molecule has 2 unspecified atom stereocenters. The van der Waals surface area contributed by atoms with Gasteiger partial charge in [0.2, 0.25) is 5.91 Å². The molecule has 2 aromatic rings. The predicted molar refractivity (Wildman–Crippen MR) is 124 cm³/mol. The first-order valence-electron chi connectivity index (χ1n) is 12.0. The Balaban J connectivity index is 1.22. The standard InChI is InChI=1S/C24H29F3N6O2/c1-16(34)28-22-4-7-33(29-22)23(35)32-14-18-12-30(13-19(18)15-32)11-17-8-20(24(25,26)27)10-21(9-17)31-5-2-3-6-31/h4,7-10,18-19H,2-3,5-6,11-15H2,1H3,(H,28,29,34). The summed E-state index contributed by atoms with van der Waals surface area (Å²) in [4.78, 5) is 30.0. The number of nitrogens with zero attached hydrogens (tertiary/aromatic N) is 5. The molecule has 188 valence electrons. The molecule has 3 fully saturated rings. The second-order valence-corrected chi connectivity index (χ2v) is 9.81. The fourth-order valence-corrected chi connectivity index (χ4v) is 5.54. The highest BCUT2D eigenvalue weighted by molar-refractivity contribution is 5.88. The molecule has 0 radical (unpaired) electrons. The minimum atomic E-state index is -4.38. The van der Waals surface area contributed by atoms with Crippen molar-refractivity contribution in [1.29, 1.82) is 0 Å². The van der Waals surface area contributed by atoms with Gasteiger partial charge in [-0.3, -0.25) is 9.69 Å². The first-order valence-corrected chi connectivity index (χ1v) is 12.0. The van der Waals surface area contributed by atoms with Crippen molar-refractivity contribution < 1.29 is 22.8 Å². The van der Waals surface area contributed by atoms with Crippen molar-refractivity contribution in [3.8, 4) is 0 Å². The minimum absolute atomic E-state index is 0.240. The van der Waals surface area contributed by atoms with Crippen LogP contribution in [-0.4, -0.2) is 70.8 Å². The molecule has 1 N–H and O–H groups in total. The summed E-state index contributed by atoms with van der Waals surface area (Å²) in [5, 5.41) is 6.67. The minimum Gasteiger partial charge on any atom is -0.372 e. The van der Waals surface area contributed by atoms with Crippen molar-refractivity contribution in [3.05, 3.63) is 41.6 Å². The highest BCUT2D eigenvalue weighted by Crippen LogP contribution is 2.36. The lowest BCUT2D eigenvalue weighted by molar-refractivity contribution is -0.137. The van der Waals surface area contributed by atoms with E-state index in [9.17, 15) is 22.8 Å². The van der Waals surface area contributed by atoms with Gasteiger partial charge in [-0.15, -0.1) is 5.10 Å². The van der Waals surface area contributed by atoms with E-state index in [4.69, 9.17) is 0 Å². The third kappa shape index (κ3) is 5.14. The zero-order chi connectivity index (χ0) is 24.7. The molecular weight excluding hydrogens is 461 g/mol. The van der Waals surface area contributed by atoms with Gasteiger partial charge in [-0.2, -0.15) is 17.9 Å². The van der Waals surface area contributed by atoms with Crippen LogP contribution in [0, 0.1) is 11.8 Å². The van der Waals surface area contributed by atoms with Gasteiger partial charge in [-0.1, -0.05) is 0 Å². The van der Waals surface area contributed by atoms with Crippen LogP contribution in [0.2, 0.25) is 0 Å². The van der Waals surface area contributed by atoms with Crippen molar-refractivity contribution in [3.63, 3.8) is 0 Å². The second kappa shape index (κ2) is 9.18. The van der Waals surface area contributed by atoms with Crippen molar-refractivity contribution in [2.45, 2.75) is 32.5 Å². The van der Waals surface area contributed by atoms with Gasteiger partial charge >= 0.3 is 12.2 Å². The van der Waals surface area contributed by atoms with Crippen LogP contribution in [0.1, 0.15) is 30.9 Å². The van der Waals surface area contributed by atoms with E-state index < -0.39 is 11.7 Å². The molecule has 4 heterocycles. The van der Waals surface area contributed by atoms with Gasteiger partial charge in [0.25, 0.3) is 0 Å². The number of likely N-dealkylation sites (tertiary alicyclic amines) is 2. The maximum Gasteiger partial charge on any atom is 0.416 e. The number of fused-ring (bicyclic) bond motifs is 1. The fourth-order valence-electron chi connectivity index (χ4n) is 5.54. The summed E-state index contributed by atoms with van der Waals surface area (Å²) >= 11 is 0. The quantitative estimate of drug-likeness (QED) is 0.711. The van der Waals surface area contributed by atoms with Gasteiger partial charge in [0.15, 0.2) is 5.82 Å². The number of hydrogen-bond donors (Lipinski definition) is 1. The molecule has 5 rings (SSSR count). The van der Waals surface area contributed by atoms with Gasteiger partial charge in [-0.25, -0.2) is 4.79 Å². The first-order chi connectivity index (χ1) is 16.7. The van der Waals surface area contributed by atoms with Crippen molar-refractivity contribution >= 4 is 23.4 Å². The Morgan fingerprint density at radius 1 is 1.06 bits per heavy atom. The lowest BCUT2D eigenvalue weighted by Crippen LogP contribution is -2.36. The molecule has 0 spiro atoms. The molecule has 3 aliphatic heterocycles. The topological polar surface area (TPSA) is 73.7 Å². The molecule has 11 heteroatoms. The first kappa shape index (κ1) is 23.7. The molecule has 3 aliphatic rings. The summed E-state index contributed by atoms with van der Waals surface area (Å²) in [7, 11) is 0. The molecule has 2 atom stereocenters. The van der Waals surface area contributed by atoms with E-state index in [0.717, 1.165) is 39.0 Å². The molecule has 0 bridgehead atoms. The Morgan fingerprint density at radius 2 is 1.74 bits per heavy atom. The lowest BCUT2D eigenvalue weighted by Gasteiger charge is -2.24. The average Bonchev–Trinajstić information content (AvgIpc) is 3.56. The second-order valence-electron chi connectivity index (χ2n) is 9.81. The number of alkyl halides is 3. The zero-order valence-corrected chi connectivity index (χ0v) is 19.6. The fraction of sp³-hybridized carbons (Fsp3) is 0.542. The molecule has 3 saturated heterocycles. The van der Waals surface area contributed by atoms with Crippen LogP contribution in [0.15, 0.2) is 30.5 Å². The predicted octanol–water partition coefficient (Wildman–Crippen LogP) is 3.49. The van der Waals surface area contributed by atoms with E-state index in [1.807, 2.05) is 11.0 Å². The summed E-state index contributed by atoms with van der Waals surface area (Å²) in [6.07, 6.45) is -0.842. The number of hydrogen-bond acceptors (Lipinski definition) is 5. The smallest absolute Gasteiger partial charge is 0.372 e. The summed E-state index contributed by atoms with van der Waals surface area (Å²) in [6.45, 7) is 6.06. The maximum absolute atomic E-state index is 13.6. The van der Waals surface area contributed by atoms with Gasteiger partial charge in [0, 0.05) is 70.7 Å². The zero-order valence-electron chi connectivity index (χ0n) is 19.6. The Morgan fingerprint density at radius 3 is 2.37 bits per heavy atom. The molecular formula is C24H29F3N6O2. The van der Waals surface area contributed by atoms with Crippen LogP contribution >= 0.6 is 0 Å². The largest absolute Gasteiger partial charge is 0.416 e. The number of aromatic nitrogens is 2. The Labute approximate surface area is 201 Å². The SMILES string of the molecule is CC(=O)Nc1ccn(C(=O)N2CC3CN(Cc4cc(N5CCCC5)cc(C(F)(F)F)c4)CC3C2)n1. The normalized spacial score (nSPS) is 22.6. The van der Waals surface area contributed by atoms with E-state index in [2.05, 4.69) is 15.3 Å². The van der Waals surface area contributed by atoms with E-state index in [-0.39, 0.29) is 23.8 Å². The van der Waals surface area contributed by atoms with Gasteiger partial charge < -0.3 is 15.1 Å². The molecule has 0 saturated carbocycles. The van der Waals surface area contributed by atoms with E-state index in [0.29, 0.717) is 36.7 Å². The van der Waals surface area contributed by atoms with Crippen molar-refractivity contribution in [2.24, 2.45) is 11.8 Å². The monoisotopic (exact) mass is 490 g/mol. The van der Waals surface area contributed by atoms with Crippen molar-refractivity contribution in [2.75, 3.05) is 49.5 Å². The third-order valence-corrected chi connectivity index (χ3v) is 7.10. The van der Waals surface area contributed by atoms with Gasteiger partial charge in [-0.05, 0) is 48.4 Å². The van der Waals surface area contributed by atoms with E-state index in [1.165, 1.54) is 29.9 Å². The summed E-state index contributed by atoms with van der Waals surface area (Å²) in [5.74, 6) is 0.610. The summed E-state index contributed by atoms with van der Waals surface area (Å²) in [6, 6.07) is 5.77. The van der Waals surface area contributed by atoms with Crippen molar-refractivity contribution in [1.82, 2.24) is 19.6 Å². The van der Waals surface area contributed by atoms with Gasteiger partial charge in [0.1, 0.15) is 0 Å². The third-order valence-electron chi connectivity index (χ3n) is 7.10. The highest BCUT2D eigenvalue weighted by atomic mass is 19.4. The Kier molecular flexibility index (Phi) is 6.20. The molecule has 0 aliphatic carbocycles. The number of amides is 2. The number of halogens is 3. The van der Waals surface area contributed by atoms with Crippen LogP contribution in [0.25, 0.3) is 0 Å². The number of carbonyl (C=O) groups is 2. The molecule has 35 heavy (non-hydrogen) atoms. The molecule has 2 amide bonds. The van der Waals surface area contributed by atoms with Crippen LogP contribution in [-0.2, 0) is 17.5 Å². The number of benzene rings is 1. The molecule has 1 aromatic carbocycles. The highest BCUT2D eigenvalue weighted by Gasteiger charge is 2.42. The number of carbonyl (C=O) groups excluding carboxylic acids is 2. The maximum atomic E-state index is 13.6. The molecule has 1 aromatic heterocycles. The lowest BCUT2D eigenvalue weighted by atomic mass is 10.0. The average molecular weight is 491 g/mol. The van der Waals surface area contributed by atoms with Crippen LogP contribution in [0.5, 0.6) is 0 Å². The van der Waals surface area contributed by atoms with E-state index in [1.54, 1.807) is 11.0 Å². The van der Waals surface area contributed by atoms with Crippen LogP contribution < -0.4 is 10.2 Å². The number of rotatable bonds is 4. The van der Waals surface area contributed by atoms with Crippen LogP contribution in [0.3, 0.4) is 0 Å². The number of anilines is 2. The summed E-state index contributed by atoms with van der Waals surface area (Å²) in [5.41, 5.74) is 0.740. The number of nitrogens with one attached hydrogen (secondary N) is 1. The van der Waals surface area contributed by atoms with Gasteiger partial charge in [0.05, 0.1) is 5.56 Å². The van der Waals surface area contributed by atoms with E-state index >= 15 is 0 Å². The summed E-state index contributed by atoms with van der Waals surface area (Å²) < 4.78 is 41.9. The Hall–Kier alpha value is -3.08. The van der Waals surface area contributed by atoms with Crippen LogP contribution in [0.4, 0.5) is 29.5 Å². The Bertz CT molecular complexity index is 1100. The molecule has 8 nitrogen and oxygen atoms in total.